The number of fused-ring (bicyclic) bond motifs is 3. The van der Waals surface area contributed by atoms with Crippen molar-refractivity contribution >= 4 is 98.1 Å². The van der Waals surface area contributed by atoms with Gasteiger partial charge in [-0.15, -0.1) is 56.7 Å². The second-order valence-corrected chi connectivity index (χ2v) is 17.4. The lowest BCUT2D eigenvalue weighted by molar-refractivity contribution is -0.254. The van der Waals surface area contributed by atoms with Gasteiger partial charge in [-0.1, -0.05) is 54.6 Å². The topological polar surface area (TPSA) is 0 Å². The van der Waals surface area contributed by atoms with E-state index in [9.17, 15) is 0 Å². The van der Waals surface area contributed by atoms with Crippen molar-refractivity contribution in [2.75, 3.05) is 0 Å². The molecule has 0 N–H and O–H groups in total. The van der Waals surface area contributed by atoms with Gasteiger partial charge in [-0.25, -0.2) is 0 Å². The van der Waals surface area contributed by atoms with Crippen LogP contribution in [0.15, 0.2) is 103 Å². The highest BCUT2D eigenvalue weighted by Gasteiger charge is 2.80. The maximum Gasteiger partial charge on any atom is 0.380 e. The number of hydrogen-bond acceptors (Lipinski definition) is 5. The van der Waals surface area contributed by atoms with E-state index >= 15 is 26.3 Å². The minimum atomic E-state index is -5.66. The van der Waals surface area contributed by atoms with Crippen LogP contribution in [0.4, 0.5) is 26.3 Å². The Hall–Kier alpha value is -3.74. The molecule has 0 amide bonds. The van der Waals surface area contributed by atoms with E-state index in [1.807, 2.05) is 91.0 Å². The molecule has 0 unspecified atom stereocenters. The Balaban J connectivity index is 1.32. The summed E-state index contributed by atoms with van der Waals surface area (Å²) in [5.74, 6) is -16.0. The summed E-state index contributed by atoms with van der Waals surface area (Å²) in [6, 6.07) is 31.1. The van der Waals surface area contributed by atoms with E-state index in [1.54, 1.807) is 0 Å². The Labute approximate surface area is 295 Å². The molecule has 0 atom stereocenters. The van der Waals surface area contributed by atoms with Crippen molar-refractivity contribution in [3.63, 3.8) is 0 Å². The number of alkyl halides is 6. The van der Waals surface area contributed by atoms with Gasteiger partial charge in [0.25, 0.3) is 0 Å². The maximum absolute atomic E-state index is 16.3. The monoisotopic (exact) mass is 750 g/mol. The summed E-state index contributed by atoms with van der Waals surface area (Å²) in [4.78, 5) is 3.64. The molecule has 49 heavy (non-hydrogen) atoms. The Morgan fingerprint density at radius 3 is 1.33 bits per heavy atom. The normalized spacial score (nSPS) is 16.9. The maximum atomic E-state index is 16.3. The Morgan fingerprint density at radius 2 is 0.816 bits per heavy atom. The highest BCUT2D eigenvalue weighted by atomic mass is 32.1. The Kier molecular flexibility index (Phi) is 6.94. The molecule has 0 spiro atoms. The lowest BCUT2D eigenvalue weighted by Crippen LogP contribution is -2.48. The average Bonchev–Trinajstić information content (AvgIpc) is 3.91. The SMILES string of the molecule is Cc1sc(-c2cc3ccccc3s2)cc1C1=C(c2cc(-c3cc4ccccc4s3)sc2-c2cc3ccccc3s2)C(F)(F)C(F)(F)C1(F)F. The third-order valence-corrected chi connectivity index (χ3v) is 14.9. The molecule has 0 aliphatic heterocycles. The second-order valence-electron chi connectivity index (χ2n) is 11.9. The largest absolute Gasteiger partial charge is 0.380 e. The van der Waals surface area contributed by atoms with Gasteiger partial charge >= 0.3 is 17.8 Å². The van der Waals surface area contributed by atoms with Gasteiger partial charge in [0.2, 0.25) is 0 Å². The zero-order chi connectivity index (χ0) is 33.9. The van der Waals surface area contributed by atoms with Crippen molar-refractivity contribution in [1.29, 1.82) is 0 Å². The second kappa shape index (κ2) is 10.9. The van der Waals surface area contributed by atoms with Crippen LogP contribution in [-0.2, 0) is 0 Å². The van der Waals surface area contributed by atoms with E-state index in [1.165, 1.54) is 53.1 Å². The van der Waals surface area contributed by atoms with Crippen LogP contribution in [0, 0.1) is 6.92 Å². The minimum Gasteiger partial charge on any atom is -0.194 e. The number of allylic oxidation sites excluding steroid dienone is 2. The van der Waals surface area contributed by atoms with Crippen molar-refractivity contribution in [1.82, 2.24) is 0 Å². The molecule has 0 fully saturated rings. The highest BCUT2D eigenvalue weighted by Crippen LogP contribution is 2.67. The lowest BCUT2D eigenvalue weighted by atomic mass is 9.94. The molecule has 8 aromatic rings. The predicted molar refractivity (Wildman–Crippen MR) is 197 cm³/mol. The number of rotatable bonds is 5. The molecule has 0 saturated carbocycles. The number of thiophene rings is 5. The number of benzene rings is 3. The average molecular weight is 751 g/mol. The van der Waals surface area contributed by atoms with Crippen molar-refractivity contribution < 1.29 is 26.3 Å². The van der Waals surface area contributed by atoms with Crippen molar-refractivity contribution in [2.24, 2.45) is 0 Å². The predicted octanol–water partition coefficient (Wildman–Crippen LogP) is 14.6. The van der Waals surface area contributed by atoms with E-state index in [0.717, 1.165) is 62.7 Å². The molecule has 5 heterocycles. The number of hydrogen-bond donors (Lipinski definition) is 0. The molecule has 1 aliphatic carbocycles. The van der Waals surface area contributed by atoms with Gasteiger partial charge in [-0.2, -0.15) is 26.3 Å². The standard InChI is InChI=1S/C38H20F6S5/c1-19-23(17-30(45-19)28-14-20-8-2-5-11-25(20)46-28)33-34(37(41,42)38(43,44)36(33,39)40)24-18-31(29-15-21-9-3-6-12-26(21)47-29)49-35(24)32-16-22-10-4-7-13-27(22)48-32/h2-18H,1H3. The van der Waals surface area contributed by atoms with Crippen LogP contribution in [0.25, 0.3) is 70.7 Å². The fourth-order valence-corrected chi connectivity index (χ4v) is 12.1. The molecule has 5 aromatic heterocycles. The summed E-state index contributed by atoms with van der Waals surface area (Å²) >= 11 is 6.47. The van der Waals surface area contributed by atoms with Crippen LogP contribution in [0.5, 0.6) is 0 Å². The van der Waals surface area contributed by atoms with Crippen LogP contribution in [0.3, 0.4) is 0 Å². The van der Waals surface area contributed by atoms with Crippen LogP contribution < -0.4 is 0 Å². The Bertz CT molecular complexity index is 2530. The summed E-state index contributed by atoms with van der Waals surface area (Å²) < 4.78 is 99.0. The minimum absolute atomic E-state index is 0.256. The first-order valence-electron chi connectivity index (χ1n) is 15.0. The summed E-state index contributed by atoms with van der Waals surface area (Å²) in [5.41, 5.74) is -3.21. The fraction of sp³-hybridized carbons (Fsp3) is 0.105. The van der Waals surface area contributed by atoms with Gasteiger partial charge in [0.05, 0.1) is 4.88 Å². The van der Waals surface area contributed by atoms with Gasteiger partial charge in [-0.3, -0.25) is 0 Å². The number of aryl methyl sites for hydroxylation is 1. The molecule has 1 aliphatic rings. The summed E-state index contributed by atoms with van der Waals surface area (Å²) in [5, 5.41) is 2.72. The Morgan fingerprint density at radius 1 is 0.429 bits per heavy atom. The first kappa shape index (κ1) is 31.3. The lowest BCUT2D eigenvalue weighted by Gasteiger charge is -2.25. The van der Waals surface area contributed by atoms with Crippen LogP contribution in [0.2, 0.25) is 0 Å². The van der Waals surface area contributed by atoms with E-state index in [2.05, 4.69) is 0 Å². The van der Waals surface area contributed by atoms with Crippen molar-refractivity contribution in [2.45, 2.75) is 24.7 Å². The van der Waals surface area contributed by atoms with E-state index in [4.69, 9.17) is 0 Å². The van der Waals surface area contributed by atoms with Crippen LogP contribution in [0.1, 0.15) is 16.0 Å². The van der Waals surface area contributed by atoms with Gasteiger partial charge < -0.3 is 0 Å². The first-order chi connectivity index (χ1) is 23.4. The van der Waals surface area contributed by atoms with Crippen molar-refractivity contribution in [3.05, 3.63) is 119 Å². The smallest absolute Gasteiger partial charge is 0.194 e. The summed E-state index contributed by atoms with van der Waals surface area (Å²) in [6.07, 6.45) is 0. The van der Waals surface area contributed by atoms with Crippen molar-refractivity contribution in [3.8, 4) is 29.3 Å². The fourth-order valence-electron chi connectivity index (χ4n) is 6.47. The zero-order valence-corrected chi connectivity index (χ0v) is 29.2. The van der Waals surface area contributed by atoms with Gasteiger partial charge in [0.1, 0.15) is 0 Å². The number of halogens is 6. The van der Waals surface area contributed by atoms with Gasteiger partial charge in [0.15, 0.2) is 0 Å². The third-order valence-electron chi connectivity index (χ3n) is 8.84. The van der Waals surface area contributed by atoms with Crippen LogP contribution >= 0.6 is 56.7 Å². The van der Waals surface area contributed by atoms with Gasteiger partial charge in [-0.05, 0) is 77.2 Å². The van der Waals surface area contributed by atoms with E-state index < -0.39 is 28.9 Å². The molecule has 0 radical (unpaired) electrons. The third kappa shape index (κ3) is 4.59. The molecule has 3 aromatic carbocycles. The quantitative estimate of drug-likeness (QED) is 0.154. The summed E-state index contributed by atoms with van der Waals surface area (Å²) in [7, 11) is 0. The van der Waals surface area contributed by atoms with Crippen LogP contribution in [-0.4, -0.2) is 17.8 Å². The van der Waals surface area contributed by atoms with E-state index in [-0.39, 0.29) is 20.9 Å². The highest BCUT2D eigenvalue weighted by molar-refractivity contribution is 7.30. The molecule has 0 saturated heterocycles. The molecule has 11 heteroatoms. The molecular weight excluding hydrogens is 731 g/mol. The van der Waals surface area contributed by atoms with E-state index in [0.29, 0.717) is 14.6 Å². The summed E-state index contributed by atoms with van der Waals surface area (Å²) in [6.45, 7) is 1.52. The molecule has 9 rings (SSSR count). The molecule has 0 bridgehead atoms. The first-order valence-corrected chi connectivity index (χ1v) is 19.1. The molecule has 0 nitrogen and oxygen atoms in total. The molecule has 244 valence electrons. The molecular formula is C38H20F6S5. The zero-order valence-electron chi connectivity index (χ0n) is 25.1. The van der Waals surface area contributed by atoms with Gasteiger partial charge in [0, 0.05) is 60.1 Å².